The fourth-order valence-corrected chi connectivity index (χ4v) is 1.96. The van der Waals surface area contributed by atoms with Crippen LogP contribution in [0.15, 0.2) is 24.3 Å². The predicted octanol–water partition coefficient (Wildman–Crippen LogP) is 2.25. The summed E-state index contributed by atoms with van der Waals surface area (Å²) in [7, 11) is 0. The molecule has 0 aliphatic rings. The van der Waals surface area contributed by atoms with Crippen LogP contribution in [-0.4, -0.2) is 13.1 Å². The fourth-order valence-electron chi connectivity index (χ4n) is 1.96. The van der Waals surface area contributed by atoms with Crippen molar-refractivity contribution in [3.63, 3.8) is 0 Å². The first kappa shape index (κ1) is 13.2. The topological polar surface area (TPSA) is 52.0 Å². The Bertz CT molecular complexity index is 255. The van der Waals surface area contributed by atoms with Gasteiger partial charge in [-0.05, 0) is 62.7 Å². The molecule has 0 aliphatic carbocycles. The van der Waals surface area contributed by atoms with E-state index in [-0.39, 0.29) is 0 Å². The molecule has 0 aromatic heterocycles. The van der Waals surface area contributed by atoms with E-state index in [1.165, 1.54) is 24.0 Å². The molecule has 1 aromatic carbocycles. The summed E-state index contributed by atoms with van der Waals surface area (Å²) < 4.78 is 0. The van der Waals surface area contributed by atoms with E-state index in [1.54, 1.807) is 0 Å². The minimum atomic E-state index is 0.801. The molecule has 0 heterocycles. The van der Waals surface area contributed by atoms with E-state index in [0.717, 1.165) is 38.8 Å². The first-order chi connectivity index (χ1) is 7.88. The van der Waals surface area contributed by atoms with Gasteiger partial charge in [-0.3, -0.25) is 0 Å². The first-order valence-electron chi connectivity index (χ1n) is 6.35. The van der Waals surface area contributed by atoms with Gasteiger partial charge in [-0.25, -0.2) is 0 Å². The van der Waals surface area contributed by atoms with Gasteiger partial charge in [0.05, 0.1) is 0 Å². The number of rotatable bonds is 8. The van der Waals surface area contributed by atoms with Gasteiger partial charge < -0.3 is 11.5 Å². The number of hydrogen-bond acceptors (Lipinski definition) is 2. The second kappa shape index (κ2) is 8.31. The van der Waals surface area contributed by atoms with Gasteiger partial charge in [0.25, 0.3) is 0 Å². The monoisotopic (exact) mass is 220 g/mol. The zero-order valence-corrected chi connectivity index (χ0v) is 10.1. The van der Waals surface area contributed by atoms with Crippen LogP contribution in [0.1, 0.15) is 36.8 Å². The van der Waals surface area contributed by atoms with Crippen LogP contribution in [0.25, 0.3) is 0 Å². The Morgan fingerprint density at radius 2 is 1.12 bits per heavy atom. The standard InChI is InChI=1S/C14H24N2/c15-11-5-3-9-13-7-1-2-8-14(13)10-4-6-12-16/h1-2,7-8H,3-6,9-12,15-16H2. The molecule has 1 aromatic rings. The third-order valence-corrected chi connectivity index (χ3v) is 2.92. The van der Waals surface area contributed by atoms with Crippen LogP contribution in [0, 0.1) is 0 Å². The second-order valence-electron chi connectivity index (χ2n) is 4.26. The van der Waals surface area contributed by atoms with Crippen molar-refractivity contribution < 1.29 is 0 Å². The molecule has 0 aliphatic heterocycles. The number of unbranched alkanes of at least 4 members (excludes halogenated alkanes) is 2. The third kappa shape index (κ3) is 4.77. The molecule has 0 fully saturated rings. The van der Waals surface area contributed by atoms with Crippen molar-refractivity contribution in [3.8, 4) is 0 Å². The highest BCUT2D eigenvalue weighted by Crippen LogP contribution is 2.14. The molecular weight excluding hydrogens is 196 g/mol. The number of benzene rings is 1. The average molecular weight is 220 g/mol. The molecule has 2 nitrogen and oxygen atoms in total. The van der Waals surface area contributed by atoms with E-state index in [1.807, 2.05) is 0 Å². The fraction of sp³-hybridized carbons (Fsp3) is 0.571. The SMILES string of the molecule is NCCCCc1ccccc1CCCCN. The van der Waals surface area contributed by atoms with Crippen LogP contribution in [-0.2, 0) is 12.8 Å². The quantitative estimate of drug-likeness (QED) is 0.660. The highest BCUT2D eigenvalue weighted by molar-refractivity contribution is 5.27. The van der Waals surface area contributed by atoms with Crippen LogP contribution >= 0.6 is 0 Å². The molecule has 0 saturated carbocycles. The van der Waals surface area contributed by atoms with Gasteiger partial charge >= 0.3 is 0 Å². The minimum Gasteiger partial charge on any atom is -0.330 e. The summed E-state index contributed by atoms with van der Waals surface area (Å²) in [5.41, 5.74) is 14.0. The van der Waals surface area contributed by atoms with Crippen molar-refractivity contribution in [2.45, 2.75) is 38.5 Å². The molecule has 90 valence electrons. The van der Waals surface area contributed by atoms with Crippen molar-refractivity contribution in [1.82, 2.24) is 0 Å². The Hall–Kier alpha value is -0.860. The molecular formula is C14H24N2. The van der Waals surface area contributed by atoms with Crippen LogP contribution < -0.4 is 11.5 Å². The lowest BCUT2D eigenvalue weighted by molar-refractivity contribution is 0.717. The average Bonchev–Trinajstić information content (AvgIpc) is 2.32. The smallest absolute Gasteiger partial charge is 0.00772 e. The summed E-state index contributed by atoms with van der Waals surface area (Å²) in [6, 6.07) is 8.75. The highest BCUT2D eigenvalue weighted by atomic mass is 14.5. The first-order valence-corrected chi connectivity index (χ1v) is 6.35. The van der Waals surface area contributed by atoms with Gasteiger partial charge in [0.2, 0.25) is 0 Å². The Labute approximate surface area is 99.0 Å². The molecule has 0 spiro atoms. The lowest BCUT2D eigenvalue weighted by atomic mass is 9.98. The Balaban J connectivity index is 2.46. The molecule has 2 heteroatoms. The lowest BCUT2D eigenvalue weighted by Crippen LogP contribution is -2.02. The van der Waals surface area contributed by atoms with Crippen LogP contribution in [0.3, 0.4) is 0 Å². The summed E-state index contributed by atoms with van der Waals surface area (Å²) in [5, 5.41) is 0. The van der Waals surface area contributed by atoms with Crippen LogP contribution in [0.4, 0.5) is 0 Å². The predicted molar refractivity (Wildman–Crippen MR) is 70.4 cm³/mol. The molecule has 0 amide bonds. The summed E-state index contributed by atoms with van der Waals surface area (Å²) >= 11 is 0. The largest absolute Gasteiger partial charge is 0.330 e. The zero-order chi connectivity index (χ0) is 11.6. The van der Waals surface area contributed by atoms with E-state index in [9.17, 15) is 0 Å². The number of hydrogen-bond donors (Lipinski definition) is 2. The summed E-state index contributed by atoms with van der Waals surface area (Å²) in [5.74, 6) is 0. The van der Waals surface area contributed by atoms with Crippen LogP contribution in [0.2, 0.25) is 0 Å². The van der Waals surface area contributed by atoms with Gasteiger partial charge in [0.1, 0.15) is 0 Å². The minimum absolute atomic E-state index is 0.801. The van der Waals surface area contributed by atoms with E-state index in [2.05, 4.69) is 24.3 Å². The summed E-state index contributed by atoms with van der Waals surface area (Å²) in [4.78, 5) is 0. The molecule has 16 heavy (non-hydrogen) atoms. The summed E-state index contributed by atoms with van der Waals surface area (Å²) in [6.45, 7) is 1.60. The third-order valence-electron chi connectivity index (χ3n) is 2.92. The summed E-state index contributed by atoms with van der Waals surface area (Å²) in [6.07, 6.45) is 6.97. The molecule has 0 unspecified atom stereocenters. The molecule has 4 N–H and O–H groups in total. The maximum atomic E-state index is 5.52. The maximum Gasteiger partial charge on any atom is -0.00772 e. The Kier molecular flexibility index (Phi) is 6.86. The van der Waals surface area contributed by atoms with E-state index in [0.29, 0.717) is 0 Å². The zero-order valence-electron chi connectivity index (χ0n) is 10.1. The van der Waals surface area contributed by atoms with Gasteiger partial charge in [0, 0.05) is 0 Å². The molecule has 0 saturated heterocycles. The number of aryl methyl sites for hydroxylation is 2. The van der Waals surface area contributed by atoms with Gasteiger partial charge in [-0.15, -0.1) is 0 Å². The Morgan fingerprint density at radius 1 is 0.688 bits per heavy atom. The lowest BCUT2D eigenvalue weighted by Gasteiger charge is -2.08. The van der Waals surface area contributed by atoms with Gasteiger partial charge in [-0.1, -0.05) is 24.3 Å². The molecule has 0 radical (unpaired) electrons. The van der Waals surface area contributed by atoms with Crippen LogP contribution in [0.5, 0.6) is 0 Å². The van der Waals surface area contributed by atoms with E-state index < -0.39 is 0 Å². The van der Waals surface area contributed by atoms with Crippen molar-refractivity contribution >= 4 is 0 Å². The van der Waals surface area contributed by atoms with Crippen molar-refractivity contribution in [1.29, 1.82) is 0 Å². The van der Waals surface area contributed by atoms with Gasteiger partial charge in [0.15, 0.2) is 0 Å². The van der Waals surface area contributed by atoms with Crippen molar-refractivity contribution in [2.24, 2.45) is 11.5 Å². The van der Waals surface area contributed by atoms with Crippen molar-refractivity contribution in [2.75, 3.05) is 13.1 Å². The second-order valence-corrected chi connectivity index (χ2v) is 4.26. The molecule has 0 atom stereocenters. The van der Waals surface area contributed by atoms with E-state index in [4.69, 9.17) is 11.5 Å². The highest BCUT2D eigenvalue weighted by Gasteiger charge is 2.01. The van der Waals surface area contributed by atoms with Gasteiger partial charge in [-0.2, -0.15) is 0 Å². The number of nitrogens with two attached hydrogens (primary N) is 2. The molecule has 0 bridgehead atoms. The maximum absolute atomic E-state index is 5.52. The van der Waals surface area contributed by atoms with Crippen molar-refractivity contribution in [3.05, 3.63) is 35.4 Å². The normalized spacial score (nSPS) is 10.6. The van der Waals surface area contributed by atoms with E-state index >= 15 is 0 Å². The molecule has 1 rings (SSSR count). The Morgan fingerprint density at radius 3 is 1.50 bits per heavy atom.